The summed E-state index contributed by atoms with van der Waals surface area (Å²) in [6.45, 7) is 5.87. The quantitative estimate of drug-likeness (QED) is 0.474. The molecule has 0 fully saturated rings. The van der Waals surface area contributed by atoms with Crippen LogP contribution in [0.1, 0.15) is 24.5 Å². The van der Waals surface area contributed by atoms with Gasteiger partial charge in [-0.15, -0.1) is 0 Å². The van der Waals surface area contributed by atoms with Crippen molar-refractivity contribution in [3.63, 3.8) is 0 Å². The maximum absolute atomic E-state index is 12.1. The number of benzene rings is 2. The summed E-state index contributed by atoms with van der Waals surface area (Å²) < 4.78 is 1.000. The van der Waals surface area contributed by atoms with Gasteiger partial charge < -0.3 is 16.0 Å². The molecule has 0 spiro atoms. The van der Waals surface area contributed by atoms with E-state index in [0.29, 0.717) is 25.5 Å². The molecule has 0 heterocycles. The minimum atomic E-state index is -0.0261. The van der Waals surface area contributed by atoms with Crippen LogP contribution in [-0.4, -0.2) is 25.0 Å². The van der Waals surface area contributed by atoms with Crippen LogP contribution in [0.3, 0.4) is 0 Å². The fourth-order valence-corrected chi connectivity index (χ4v) is 2.85. The Balaban J connectivity index is 1.82. The van der Waals surface area contributed by atoms with Crippen LogP contribution < -0.4 is 16.0 Å². The summed E-state index contributed by atoms with van der Waals surface area (Å²) >= 11 is 3.42. The monoisotopic (exact) mass is 416 g/mol. The summed E-state index contributed by atoms with van der Waals surface area (Å²) in [6.07, 6.45) is 0.366. The van der Waals surface area contributed by atoms with Gasteiger partial charge in [-0.1, -0.05) is 46.3 Å². The van der Waals surface area contributed by atoms with Crippen molar-refractivity contribution in [2.24, 2.45) is 4.99 Å². The van der Waals surface area contributed by atoms with Crippen molar-refractivity contribution >= 4 is 33.5 Å². The van der Waals surface area contributed by atoms with Crippen molar-refractivity contribution in [3.05, 3.63) is 64.1 Å². The van der Waals surface area contributed by atoms with E-state index < -0.39 is 0 Å². The molecule has 0 saturated heterocycles. The van der Waals surface area contributed by atoms with E-state index in [4.69, 9.17) is 0 Å². The lowest BCUT2D eigenvalue weighted by Gasteiger charge is -2.12. The first-order valence-electron chi connectivity index (χ1n) is 8.70. The molecule has 0 aliphatic rings. The third-order valence-electron chi connectivity index (χ3n) is 3.71. The number of hydrogen-bond donors (Lipinski definition) is 3. The number of aliphatic imine (C=N–C) groups is 1. The molecule has 1 amide bonds. The predicted molar refractivity (Wildman–Crippen MR) is 111 cm³/mol. The first-order valence-corrected chi connectivity index (χ1v) is 9.50. The maximum atomic E-state index is 12.1. The van der Waals surface area contributed by atoms with Gasteiger partial charge in [0.25, 0.3) is 0 Å². The lowest BCUT2D eigenvalue weighted by molar-refractivity contribution is -0.116. The lowest BCUT2D eigenvalue weighted by Crippen LogP contribution is -2.38. The van der Waals surface area contributed by atoms with Crippen LogP contribution in [0.15, 0.2) is 58.0 Å². The van der Waals surface area contributed by atoms with E-state index in [0.717, 1.165) is 27.8 Å². The average molecular weight is 417 g/mol. The Morgan fingerprint density at radius 1 is 1.12 bits per heavy atom. The van der Waals surface area contributed by atoms with Crippen molar-refractivity contribution in [1.82, 2.24) is 10.6 Å². The Labute approximate surface area is 163 Å². The summed E-state index contributed by atoms with van der Waals surface area (Å²) in [5.41, 5.74) is 3.01. The molecule has 26 heavy (non-hydrogen) atoms. The molecule has 0 atom stereocenters. The highest BCUT2D eigenvalue weighted by atomic mass is 79.9. The van der Waals surface area contributed by atoms with E-state index in [1.54, 1.807) is 0 Å². The Kier molecular flexibility index (Phi) is 8.15. The topological polar surface area (TPSA) is 65.5 Å². The molecule has 0 radical (unpaired) electrons. The summed E-state index contributed by atoms with van der Waals surface area (Å²) in [5.74, 6) is 0.686. The first-order chi connectivity index (χ1) is 12.6. The maximum Gasteiger partial charge on any atom is 0.226 e. The molecular weight excluding hydrogens is 392 g/mol. The van der Waals surface area contributed by atoms with Crippen LogP contribution in [0.25, 0.3) is 0 Å². The minimum absolute atomic E-state index is 0.0261. The third kappa shape index (κ3) is 6.88. The van der Waals surface area contributed by atoms with Gasteiger partial charge >= 0.3 is 0 Å². The molecule has 0 saturated carbocycles. The SMILES string of the molecule is CCNC(=NCc1ccccc1)NCCC(=O)Nc1ccc(Br)cc1C. The van der Waals surface area contributed by atoms with Crippen molar-refractivity contribution in [2.45, 2.75) is 26.8 Å². The molecule has 0 bridgehead atoms. The van der Waals surface area contributed by atoms with Gasteiger partial charge in [-0.2, -0.15) is 0 Å². The summed E-state index contributed by atoms with van der Waals surface area (Å²) in [5, 5.41) is 9.34. The number of carbonyl (C=O) groups excluding carboxylic acids is 1. The number of carbonyl (C=O) groups is 1. The predicted octanol–water partition coefficient (Wildman–Crippen LogP) is 3.84. The highest BCUT2D eigenvalue weighted by Gasteiger charge is 2.06. The van der Waals surface area contributed by atoms with E-state index in [9.17, 15) is 4.79 Å². The van der Waals surface area contributed by atoms with Gasteiger partial charge in [0.2, 0.25) is 5.91 Å². The molecule has 2 rings (SSSR count). The van der Waals surface area contributed by atoms with E-state index in [-0.39, 0.29) is 5.91 Å². The van der Waals surface area contributed by atoms with E-state index in [1.807, 2.05) is 62.4 Å². The zero-order valence-electron chi connectivity index (χ0n) is 15.2. The third-order valence-corrected chi connectivity index (χ3v) is 4.21. The zero-order valence-corrected chi connectivity index (χ0v) is 16.8. The van der Waals surface area contributed by atoms with E-state index >= 15 is 0 Å². The van der Waals surface area contributed by atoms with Gasteiger partial charge in [0.15, 0.2) is 5.96 Å². The fourth-order valence-electron chi connectivity index (χ4n) is 2.37. The number of nitrogens with zero attached hydrogens (tertiary/aromatic N) is 1. The average Bonchev–Trinajstić information content (AvgIpc) is 2.63. The van der Waals surface area contributed by atoms with E-state index in [2.05, 4.69) is 36.9 Å². The molecule has 0 unspecified atom stereocenters. The molecule has 6 heteroatoms. The zero-order chi connectivity index (χ0) is 18.8. The van der Waals surface area contributed by atoms with Crippen molar-refractivity contribution in [3.8, 4) is 0 Å². The molecule has 0 aromatic heterocycles. The Morgan fingerprint density at radius 3 is 2.58 bits per heavy atom. The van der Waals surface area contributed by atoms with E-state index in [1.165, 1.54) is 0 Å². The summed E-state index contributed by atoms with van der Waals surface area (Å²) in [4.78, 5) is 16.7. The van der Waals surface area contributed by atoms with Gasteiger partial charge in [-0.25, -0.2) is 4.99 Å². The first kappa shape index (κ1) is 20.0. The molecule has 138 valence electrons. The largest absolute Gasteiger partial charge is 0.357 e. The molecular formula is C20H25BrN4O. The number of amides is 1. The minimum Gasteiger partial charge on any atom is -0.357 e. The second-order valence-electron chi connectivity index (χ2n) is 5.86. The molecule has 2 aromatic carbocycles. The van der Waals surface area contributed by atoms with Crippen LogP contribution in [-0.2, 0) is 11.3 Å². The van der Waals surface area contributed by atoms with Crippen LogP contribution >= 0.6 is 15.9 Å². The second kappa shape index (κ2) is 10.6. The van der Waals surface area contributed by atoms with Crippen molar-refractivity contribution in [1.29, 1.82) is 0 Å². The fraction of sp³-hybridized carbons (Fsp3) is 0.300. The summed E-state index contributed by atoms with van der Waals surface area (Å²) in [6, 6.07) is 15.9. The molecule has 3 N–H and O–H groups in total. The highest BCUT2D eigenvalue weighted by molar-refractivity contribution is 9.10. The molecule has 5 nitrogen and oxygen atoms in total. The molecule has 0 aliphatic heterocycles. The van der Waals surface area contributed by atoms with Crippen LogP contribution in [0.2, 0.25) is 0 Å². The van der Waals surface area contributed by atoms with Gasteiger partial charge in [0.1, 0.15) is 0 Å². The molecule has 0 aliphatic carbocycles. The number of guanidine groups is 1. The number of aryl methyl sites for hydroxylation is 1. The van der Waals surface area contributed by atoms with Crippen LogP contribution in [0.5, 0.6) is 0 Å². The smallest absolute Gasteiger partial charge is 0.226 e. The number of rotatable bonds is 7. The van der Waals surface area contributed by atoms with Crippen molar-refractivity contribution in [2.75, 3.05) is 18.4 Å². The van der Waals surface area contributed by atoms with Gasteiger partial charge in [-0.3, -0.25) is 4.79 Å². The van der Waals surface area contributed by atoms with Crippen LogP contribution in [0, 0.1) is 6.92 Å². The highest BCUT2D eigenvalue weighted by Crippen LogP contribution is 2.20. The Hall–Kier alpha value is -2.34. The number of anilines is 1. The summed E-state index contributed by atoms with van der Waals surface area (Å²) in [7, 11) is 0. The molecule has 2 aromatic rings. The normalized spacial score (nSPS) is 11.1. The number of halogens is 1. The van der Waals surface area contributed by atoms with Crippen LogP contribution in [0.4, 0.5) is 5.69 Å². The lowest BCUT2D eigenvalue weighted by atomic mass is 10.2. The van der Waals surface area contributed by atoms with Crippen molar-refractivity contribution < 1.29 is 4.79 Å². The number of nitrogens with one attached hydrogen (secondary N) is 3. The standard InChI is InChI=1S/C20H25BrN4O/c1-3-22-20(24-14-16-7-5-4-6-8-16)23-12-11-19(26)25-18-10-9-17(21)13-15(18)2/h4-10,13H,3,11-12,14H2,1-2H3,(H,25,26)(H2,22,23,24). The van der Waals surface area contributed by atoms with Gasteiger partial charge in [-0.05, 0) is 43.2 Å². The number of hydrogen-bond acceptors (Lipinski definition) is 2. The van der Waals surface area contributed by atoms with Gasteiger partial charge in [0, 0.05) is 29.7 Å². The Bertz CT molecular complexity index is 747. The van der Waals surface area contributed by atoms with Gasteiger partial charge in [0.05, 0.1) is 6.54 Å². The second-order valence-corrected chi connectivity index (χ2v) is 6.78. The Morgan fingerprint density at radius 2 is 1.88 bits per heavy atom.